The van der Waals surface area contributed by atoms with E-state index in [4.69, 9.17) is 55.8 Å². The number of aliphatic hydroxyl groups is 2. The van der Waals surface area contributed by atoms with Crippen molar-refractivity contribution in [3.8, 4) is 23.7 Å². The van der Waals surface area contributed by atoms with Crippen molar-refractivity contribution in [1.29, 1.82) is 0 Å². The van der Waals surface area contributed by atoms with Gasteiger partial charge in [0.2, 0.25) is 0 Å². The van der Waals surface area contributed by atoms with Gasteiger partial charge >= 0.3 is 136 Å². The summed E-state index contributed by atoms with van der Waals surface area (Å²) in [5.41, 5.74) is 1.52. The average Bonchev–Trinajstić information content (AvgIpc) is 3.23. The Morgan fingerprint density at radius 1 is 0.360 bits per heavy atom. The van der Waals surface area contributed by atoms with Crippen molar-refractivity contribution in [1.82, 2.24) is 0 Å². The zero-order valence-electron chi connectivity index (χ0n) is 24.2. The first kappa shape index (κ1) is 97.0. The molecule has 2 atom stereocenters. The van der Waals surface area contributed by atoms with Crippen molar-refractivity contribution in [2.45, 2.75) is 12.2 Å². The summed E-state index contributed by atoms with van der Waals surface area (Å²) in [5.74, 6) is 10.9. The number of aliphatic hydroxyl groups excluding tert-OH is 2. The Balaban J connectivity index is -0.0000000288. The van der Waals surface area contributed by atoms with Crippen LogP contribution in [0.4, 0.5) is 0 Å². The SMILES string of the molecule is O[C@H](C#C/C=C\C#C[C@@H](O)c1ccccc1)c1ccccc1.[C-]#[O+].[C-]#[O+].[C-]#[O+].[C-]#[O+].[C-]#[O+].[C-]#[O+].[C-]#[O+].[C-]#[O+].[C-]#[O+].[C-]#[O+].[C-]#[O+].[C-]#[O+].[Co].[Co].[Co].[Co]. The summed E-state index contributed by atoms with van der Waals surface area (Å²) in [6.07, 6.45) is 1.48. The van der Waals surface area contributed by atoms with Crippen molar-refractivity contribution < 1.29 is 133 Å². The third-order valence-electron chi connectivity index (χ3n) is 2.92. The van der Waals surface area contributed by atoms with Crippen LogP contribution in [0, 0.1) is 103 Å². The van der Waals surface area contributed by atoms with Crippen LogP contribution in [0.3, 0.4) is 0 Å². The number of hydrogen-bond acceptors (Lipinski definition) is 2. The van der Waals surface area contributed by atoms with Gasteiger partial charge in [0.15, 0.2) is 0 Å². The Morgan fingerprint density at radius 2 is 0.520 bits per heavy atom. The van der Waals surface area contributed by atoms with E-state index in [-0.39, 0.29) is 67.1 Å². The Morgan fingerprint density at radius 3 is 0.680 bits per heavy atom. The molecular weight excluding hydrogens is 844 g/mol. The van der Waals surface area contributed by atoms with Crippen molar-refractivity contribution in [2.75, 3.05) is 0 Å². The molecule has 0 unspecified atom stereocenters. The second kappa shape index (κ2) is 151. The first-order valence-corrected chi connectivity index (χ1v) is 9.35. The zero-order valence-corrected chi connectivity index (χ0v) is 28.4. The maximum Gasteiger partial charge on any atom is 0 e. The summed E-state index contributed by atoms with van der Waals surface area (Å²) in [5, 5.41) is 19.7. The molecule has 2 rings (SSSR count). The molecule has 0 aliphatic heterocycles. The van der Waals surface area contributed by atoms with Gasteiger partial charge in [0.1, 0.15) is 12.2 Å². The minimum atomic E-state index is -0.811. The Bertz CT molecular complexity index is 1090. The van der Waals surface area contributed by atoms with Gasteiger partial charge in [-0.2, -0.15) is 0 Å². The van der Waals surface area contributed by atoms with Crippen molar-refractivity contribution in [3.63, 3.8) is 0 Å². The third kappa shape index (κ3) is 96.7. The van der Waals surface area contributed by atoms with Gasteiger partial charge in [0.05, 0.1) is 0 Å². The number of rotatable bonds is 2. The molecule has 264 valence electrons. The molecule has 0 spiro atoms. The zero-order chi connectivity index (χ0) is 39.6. The fourth-order valence-corrected chi connectivity index (χ4v) is 1.77. The summed E-state index contributed by atoms with van der Waals surface area (Å²) >= 11 is 0. The monoisotopic (exact) mass is 860 g/mol. The molecule has 0 fully saturated rings. The second-order valence-corrected chi connectivity index (χ2v) is 4.54. The maximum atomic E-state index is 9.83. The molecule has 18 heteroatoms. The van der Waals surface area contributed by atoms with Gasteiger partial charge < -0.3 is 10.2 Å². The van der Waals surface area contributed by atoms with Gasteiger partial charge in [-0.15, -0.1) is 0 Å². The topological polar surface area (TPSA) is 279 Å². The fourth-order valence-electron chi connectivity index (χ4n) is 1.77. The number of allylic oxidation sites excluding steroid dienone is 2. The molecule has 0 heterocycles. The van der Waals surface area contributed by atoms with E-state index >= 15 is 0 Å². The molecule has 2 N–H and O–H groups in total. The van der Waals surface area contributed by atoms with E-state index in [1.54, 1.807) is 12.2 Å². The molecule has 0 saturated carbocycles. The number of hydrogen-bond donors (Lipinski definition) is 2. The molecule has 14 nitrogen and oxygen atoms in total. The minimum absolute atomic E-state index is 0. The minimum Gasteiger partial charge on any atom is 0 e. The predicted octanol–water partition coefficient (Wildman–Crippen LogP) is 2.56. The van der Waals surface area contributed by atoms with Crippen LogP contribution in [0.2, 0.25) is 0 Å². The maximum absolute atomic E-state index is 9.83. The Hall–Kier alpha value is -3.87. The van der Waals surface area contributed by atoms with Crippen LogP contribution in [0.25, 0.3) is 0 Å². The van der Waals surface area contributed by atoms with Gasteiger partial charge in [-0.25, -0.2) is 0 Å². The van der Waals surface area contributed by atoms with Crippen molar-refractivity contribution >= 4 is 0 Å². The van der Waals surface area contributed by atoms with Crippen LogP contribution in [-0.4, -0.2) is 10.2 Å². The van der Waals surface area contributed by atoms with Crippen LogP contribution >= 0.6 is 0 Å². The second-order valence-electron chi connectivity index (χ2n) is 4.54. The van der Waals surface area contributed by atoms with Gasteiger partial charge in [0.25, 0.3) is 0 Å². The van der Waals surface area contributed by atoms with E-state index in [9.17, 15) is 10.2 Å². The van der Waals surface area contributed by atoms with Crippen LogP contribution in [0.5, 0.6) is 0 Å². The van der Waals surface area contributed by atoms with Crippen LogP contribution in [0.15, 0.2) is 72.8 Å². The summed E-state index contributed by atoms with van der Waals surface area (Å²) in [4.78, 5) is 0. The molecule has 0 bridgehead atoms. The normalized spacial score (nSPS) is 6.04. The van der Waals surface area contributed by atoms with Gasteiger partial charge in [-0.3, -0.25) is 0 Å². The fraction of sp³-hybridized carbons (Fsp3) is 0.0625. The van der Waals surface area contributed by atoms with Crippen LogP contribution in [-0.2, 0) is 123 Å². The summed E-state index contributed by atoms with van der Waals surface area (Å²) < 4.78 is 90.0. The van der Waals surface area contributed by atoms with Gasteiger partial charge in [-0.1, -0.05) is 84.3 Å². The Labute approximate surface area is 331 Å². The van der Waals surface area contributed by atoms with Crippen LogP contribution in [0.1, 0.15) is 23.3 Å². The van der Waals surface area contributed by atoms with Gasteiger partial charge in [0, 0.05) is 67.1 Å². The number of benzene rings is 2. The summed E-state index contributed by atoms with van der Waals surface area (Å²) in [6, 6.07) is 18.5. The molecule has 2 aromatic rings. The molecule has 0 aliphatic rings. The molecule has 4 radical (unpaired) electrons. The van der Waals surface area contributed by atoms with E-state index in [1.807, 2.05) is 60.7 Å². The van der Waals surface area contributed by atoms with E-state index in [2.05, 4.69) is 103 Å². The van der Waals surface area contributed by atoms with Gasteiger partial charge in [-0.05, 0) is 23.3 Å². The first-order valence-electron chi connectivity index (χ1n) is 9.35. The predicted molar refractivity (Wildman–Crippen MR) is 135 cm³/mol. The summed E-state index contributed by atoms with van der Waals surface area (Å²) in [7, 11) is 0. The van der Waals surface area contributed by atoms with E-state index in [1.165, 1.54) is 0 Å². The standard InChI is InChI=1S/C20H16O2.12CO.4Co/c21-19(17-11-5-3-6-12-17)15-9-1-2-10-16-20(22)18-13-7-4-8-14-18;12*1-2;;;;/h1-8,11-14,19-22H;;;;;;;;;;;;;;;;/b2-1-;;;;;;;;;;;;;;;;/t19-,20-;;;;;;;;;;;;;;;;/m1................/s1. The largest absolute Gasteiger partial charge is 0 e. The Kier molecular flexibility index (Phi) is 293. The molecular formula is C32H16Co4O14. The van der Waals surface area contributed by atoms with E-state index in [0.29, 0.717) is 0 Å². The van der Waals surface area contributed by atoms with Crippen molar-refractivity contribution in [2.24, 2.45) is 0 Å². The molecule has 2 aromatic carbocycles. The molecule has 0 aliphatic carbocycles. The molecule has 0 saturated heterocycles. The first-order chi connectivity index (χ1) is 22.8. The van der Waals surface area contributed by atoms with E-state index in [0.717, 1.165) is 11.1 Å². The molecule has 0 aromatic heterocycles. The quantitative estimate of drug-likeness (QED) is 0.262. The van der Waals surface area contributed by atoms with Crippen molar-refractivity contribution in [3.05, 3.63) is 164 Å². The van der Waals surface area contributed by atoms with E-state index < -0.39 is 12.2 Å². The van der Waals surface area contributed by atoms with Crippen LogP contribution < -0.4 is 0 Å². The molecule has 50 heavy (non-hydrogen) atoms. The smallest absolute Gasteiger partial charge is 0 e. The average molecular weight is 860 g/mol. The molecule has 0 amide bonds. The summed E-state index contributed by atoms with van der Waals surface area (Å²) in [6.45, 7) is 54.0. The third-order valence-corrected chi connectivity index (χ3v) is 2.92.